The van der Waals surface area contributed by atoms with Gasteiger partial charge in [0.2, 0.25) is 0 Å². The lowest BCUT2D eigenvalue weighted by Gasteiger charge is -2.36. The Labute approximate surface area is 165 Å². The number of aromatic amines is 1. The fourth-order valence-electron chi connectivity index (χ4n) is 3.52. The van der Waals surface area contributed by atoms with Crippen molar-refractivity contribution in [1.82, 2.24) is 18.8 Å². The van der Waals surface area contributed by atoms with Crippen LogP contribution in [-0.2, 0) is 6.54 Å². The van der Waals surface area contributed by atoms with Gasteiger partial charge in [0.05, 0.1) is 5.52 Å². The highest BCUT2D eigenvalue weighted by Crippen LogP contribution is 2.22. The number of nitrogens with zero attached hydrogens (tertiary/aromatic N) is 4. The van der Waals surface area contributed by atoms with Crippen molar-refractivity contribution in [2.24, 2.45) is 0 Å². The van der Waals surface area contributed by atoms with E-state index in [1.807, 2.05) is 6.07 Å². The van der Waals surface area contributed by atoms with Gasteiger partial charge in [-0.1, -0.05) is 12.1 Å². The van der Waals surface area contributed by atoms with Crippen LogP contribution in [0, 0.1) is 6.92 Å². The van der Waals surface area contributed by atoms with Gasteiger partial charge < -0.3 is 14.8 Å². The second kappa shape index (κ2) is 7.23. The van der Waals surface area contributed by atoms with Gasteiger partial charge in [0.15, 0.2) is 5.52 Å². The van der Waals surface area contributed by atoms with Crippen LogP contribution in [0.25, 0.3) is 11.0 Å². The Morgan fingerprint density at radius 3 is 2.64 bits per heavy atom. The molecule has 0 aliphatic carbocycles. The molecule has 3 aromatic rings. The summed E-state index contributed by atoms with van der Waals surface area (Å²) in [7, 11) is 0. The van der Waals surface area contributed by atoms with Crippen LogP contribution in [0.4, 0.5) is 5.69 Å². The molecule has 0 atom stereocenters. The first-order chi connectivity index (χ1) is 13.5. The van der Waals surface area contributed by atoms with Gasteiger partial charge in [-0.05, 0) is 43.1 Å². The molecule has 3 heterocycles. The van der Waals surface area contributed by atoms with Crippen molar-refractivity contribution in [1.29, 1.82) is 0 Å². The Bertz CT molecular complexity index is 1150. The van der Waals surface area contributed by atoms with E-state index in [9.17, 15) is 14.4 Å². The van der Waals surface area contributed by atoms with Crippen LogP contribution in [0.2, 0.25) is 0 Å². The number of piperazine rings is 1. The number of rotatable bonds is 3. The number of benzene rings is 1. The molecule has 1 aliphatic heterocycles. The summed E-state index contributed by atoms with van der Waals surface area (Å²) in [5.74, 6) is -0.194. The second-order valence-electron chi connectivity index (χ2n) is 6.83. The minimum absolute atomic E-state index is 0.146. The summed E-state index contributed by atoms with van der Waals surface area (Å²) in [5, 5.41) is 0. The number of anilines is 1. The summed E-state index contributed by atoms with van der Waals surface area (Å²) in [5.41, 5.74) is 1.77. The quantitative estimate of drug-likeness (QED) is 0.720. The summed E-state index contributed by atoms with van der Waals surface area (Å²) in [6, 6.07) is 8.30. The number of carbonyl (C=O) groups is 1. The molecular formula is C19H21N5O3S. The molecule has 1 aromatic carbocycles. The Morgan fingerprint density at radius 1 is 1.21 bits per heavy atom. The summed E-state index contributed by atoms with van der Waals surface area (Å²) in [6.07, 6.45) is 0. The number of hydrogen-bond acceptors (Lipinski definition) is 6. The van der Waals surface area contributed by atoms with Gasteiger partial charge in [0, 0.05) is 38.4 Å². The minimum Gasteiger partial charge on any atom is -0.368 e. The number of fused-ring (bicyclic) bond motifs is 1. The monoisotopic (exact) mass is 399 g/mol. The van der Waals surface area contributed by atoms with Crippen molar-refractivity contribution in [2.75, 3.05) is 31.1 Å². The maximum absolute atomic E-state index is 13.0. The van der Waals surface area contributed by atoms with Gasteiger partial charge in [-0.25, -0.2) is 4.79 Å². The molecule has 8 nitrogen and oxygen atoms in total. The number of nitrogens with one attached hydrogen (secondary N) is 1. The van der Waals surface area contributed by atoms with Crippen LogP contribution in [-0.4, -0.2) is 50.9 Å². The molecule has 1 N–H and O–H groups in total. The molecule has 2 aromatic heterocycles. The number of amides is 1. The van der Waals surface area contributed by atoms with E-state index in [1.165, 1.54) is 5.56 Å². The maximum atomic E-state index is 13.0. The van der Waals surface area contributed by atoms with Crippen molar-refractivity contribution < 1.29 is 4.79 Å². The van der Waals surface area contributed by atoms with E-state index in [1.54, 1.807) is 11.8 Å². The lowest BCUT2D eigenvalue weighted by molar-refractivity contribution is 0.0753. The number of carbonyl (C=O) groups excluding carboxylic acids is 1. The van der Waals surface area contributed by atoms with Gasteiger partial charge in [-0.3, -0.25) is 14.2 Å². The summed E-state index contributed by atoms with van der Waals surface area (Å²) >= 11 is 0.967. The molecule has 1 aliphatic rings. The van der Waals surface area contributed by atoms with Crippen LogP contribution in [0.15, 0.2) is 33.9 Å². The van der Waals surface area contributed by atoms with Gasteiger partial charge in [0.25, 0.3) is 11.5 Å². The predicted octanol–water partition coefficient (Wildman–Crippen LogP) is 1.44. The van der Waals surface area contributed by atoms with Crippen LogP contribution < -0.4 is 16.1 Å². The van der Waals surface area contributed by atoms with E-state index in [0.29, 0.717) is 18.0 Å². The molecule has 4 rings (SSSR count). The van der Waals surface area contributed by atoms with E-state index in [4.69, 9.17) is 0 Å². The molecule has 9 heteroatoms. The number of aromatic nitrogens is 3. The molecule has 1 fully saturated rings. The topological polar surface area (TPSA) is 91.3 Å². The van der Waals surface area contributed by atoms with Crippen LogP contribution in [0.5, 0.6) is 0 Å². The smallest absolute Gasteiger partial charge is 0.328 e. The third kappa shape index (κ3) is 3.11. The van der Waals surface area contributed by atoms with Crippen molar-refractivity contribution in [2.45, 2.75) is 20.4 Å². The van der Waals surface area contributed by atoms with Crippen molar-refractivity contribution in [3.8, 4) is 0 Å². The zero-order valence-electron chi connectivity index (χ0n) is 15.8. The Hall–Kier alpha value is -2.94. The fourth-order valence-corrected chi connectivity index (χ4v) is 4.31. The SMILES string of the molecule is CCn1c(=O)[nH]c2c(C(=O)N3CCN(c4cccc(C)c4)CC3)snc2c1=O. The Balaban J connectivity index is 1.56. The first-order valence-electron chi connectivity index (χ1n) is 9.23. The van der Waals surface area contributed by atoms with Crippen LogP contribution >= 0.6 is 11.5 Å². The first kappa shape index (κ1) is 18.4. The fraction of sp³-hybridized carbons (Fsp3) is 0.368. The molecule has 0 unspecified atom stereocenters. The van der Waals surface area contributed by atoms with Gasteiger partial charge in [0.1, 0.15) is 4.88 Å². The van der Waals surface area contributed by atoms with E-state index < -0.39 is 11.2 Å². The average molecular weight is 399 g/mol. The largest absolute Gasteiger partial charge is 0.368 e. The minimum atomic E-state index is -0.515. The predicted molar refractivity (Wildman–Crippen MR) is 109 cm³/mol. The van der Waals surface area contributed by atoms with Crippen molar-refractivity contribution in [3.63, 3.8) is 0 Å². The van der Waals surface area contributed by atoms with E-state index in [-0.39, 0.29) is 23.5 Å². The standard InChI is InChI=1S/C19H21N5O3S/c1-3-24-17(25)15-14(20-19(24)27)16(28-21-15)18(26)23-9-7-22(8-10-23)13-6-4-5-12(2)11-13/h4-6,11H,3,7-10H2,1-2H3,(H,20,27). The normalized spacial score (nSPS) is 14.6. The highest BCUT2D eigenvalue weighted by molar-refractivity contribution is 7.09. The zero-order chi connectivity index (χ0) is 19.8. The molecule has 0 bridgehead atoms. The molecule has 0 spiro atoms. The first-order valence-corrected chi connectivity index (χ1v) is 10.0. The maximum Gasteiger partial charge on any atom is 0.328 e. The van der Waals surface area contributed by atoms with Crippen LogP contribution in [0.3, 0.4) is 0 Å². The molecular weight excluding hydrogens is 378 g/mol. The highest BCUT2D eigenvalue weighted by atomic mass is 32.1. The zero-order valence-corrected chi connectivity index (χ0v) is 16.6. The highest BCUT2D eigenvalue weighted by Gasteiger charge is 2.26. The van der Waals surface area contributed by atoms with E-state index in [2.05, 4.69) is 39.4 Å². The number of aryl methyl sites for hydroxylation is 1. The molecule has 0 saturated carbocycles. The molecule has 1 amide bonds. The van der Waals surface area contributed by atoms with Crippen molar-refractivity contribution in [3.05, 3.63) is 55.5 Å². The lowest BCUT2D eigenvalue weighted by Crippen LogP contribution is -2.48. The third-order valence-electron chi connectivity index (χ3n) is 5.06. The Morgan fingerprint density at radius 2 is 1.96 bits per heavy atom. The lowest BCUT2D eigenvalue weighted by atomic mass is 10.2. The van der Waals surface area contributed by atoms with E-state index >= 15 is 0 Å². The van der Waals surface area contributed by atoms with Gasteiger partial charge in [-0.2, -0.15) is 4.37 Å². The molecule has 0 radical (unpaired) electrons. The number of H-pyrrole nitrogens is 1. The second-order valence-corrected chi connectivity index (χ2v) is 7.61. The van der Waals surface area contributed by atoms with Gasteiger partial charge in [-0.15, -0.1) is 0 Å². The summed E-state index contributed by atoms with van der Waals surface area (Å²) < 4.78 is 5.22. The molecule has 1 saturated heterocycles. The summed E-state index contributed by atoms with van der Waals surface area (Å²) in [4.78, 5) is 44.5. The Kier molecular flexibility index (Phi) is 4.76. The summed E-state index contributed by atoms with van der Waals surface area (Å²) in [6.45, 7) is 6.63. The van der Waals surface area contributed by atoms with Crippen molar-refractivity contribution >= 4 is 34.2 Å². The van der Waals surface area contributed by atoms with E-state index in [0.717, 1.165) is 34.9 Å². The third-order valence-corrected chi connectivity index (χ3v) is 5.90. The number of hydrogen-bond donors (Lipinski definition) is 1. The average Bonchev–Trinajstić information content (AvgIpc) is 3.12. The molecule has 146 valence electrons. The van der Waals surface area contributed by atoms with Crippen LogP contribution in [0.1, 0.15) is 22.2 Å². The molecule has 28 heavy (non-hydrogen) atoms. The van der Waals surface area contributed by atoms with Gasteiger partial charge >= 0.3 is 5.69 Å².